The van der Waals surface area contributed by atoms with Crippen LogP contribution >= 0.6 is 0 Å². The van der Waals surface area contributed by atoms with E-state index < -0.39 is 0 Å². The summed E-state index contributed by atoms with van der Waals surface area (Å²) in [6.45, 7) is 0. The van der Waals surface area contributed by atoms with Gasteiger partial charge in [0.25, 0.3) is 0 Å². The normalized spacial score (nSPS) is 0. The first-order chi connectivity index (χ1) is 0. The van der Waals surface area contributed by atoms with Gasteiger partial charge in [0, 0.05) is 0 Å². The molecule has 0 radical (unpaired) electrons. The Morgan fingerprint density at radius 2 is 0.500 bits per heavy atom. The molecule has 0 aliphatic carbocycles. The Morgan fingerprint density at radius 1 is 0.500 bits per heavy atom. The molecule has 0 saturated heterocycles. The molecule has 0 nitrogen and oxygen atoms in total. The minimum Gasteiger partial charge on any atom is -2.00 e. The van der Waals surface area contributed by atoms with Crippen molar-refractivity contribution in [3.05, 3.63) is 0 Å². The fourth-order valence-corrected chi connectivity index (χ4v) is 0. The van der Waals surface area contributed by atoms with Crippen LogP contribution in [0.3, 0.4) is 0 Å². The van der Waals surface area contributed by atoms with Gasteiger partial charge in [-0.25, -0.2) is 0 Å². The third-order valence-corrected chi connectivity index (χ3v) is 0. The first kappa shape index (κ1) is 33.6. The van der Waals surface area contributed by atoms with Gasteiger partial charge >= 0.3 is 39.0 Å². The van der Waals surface area contributed by atoms with Crippen molar-refractivity contribution in [2.45, 2.75) is 0 Å². The average Bonchev–Trinajstić information content (AvgIpc) is 0. The van der Waals surface area contributed by atoms with Crippen LogP contribution in [0.15, 0.2) is 0 Å². The molecule has 0 heterocycles. The van der Waals surface area contributed by atoms with Crippen LogP contribution in [0.25, 0.3) is 0 Å². The van der Waals surface area contributed by atoms with Crippen LogP contribution < -0.4 is 0 Å². The van der Waals surface area contributed by atoms with E-state index in [2.05, 4.69) is 0 Å². The molecule has 0 spiro atoms. The predicted molar refractivity (Wildman–Crippen MR) is 11.5 cm³/mol. The smallest absolute Gasteiger partial charge is 2.00 e. The largest absolute Gasteiger partial charge is 2.00 e. The van der Waals surface area contributed by atoms with Gasteiger partial charge in [0.2, 0.25) is 0 Å². The summed E-state index contributed by atoms with van der Waals surface area (Å²) in [5, 5.41) is 0. The van der Waals surface area contributed by atoms with Crippen LogP contribution in [0.1, 0.15) is 0 Å². The summed E-state index contributed by atoms with van der Waals surface area (Å²) >= 11 is 0. The standard InChI is InChI=1S/2Se.2Zn/q2*-2;2*+2. The molecule has 4 heavy (non-hydrogen) atoms. The van der Waals surface area contributed by atoms with Crippen molar-refractivity contribution in [1.82, 2.24) is 0 Å². The minimum absolute atomic E-state index is 0. The van der Waals surface area contributed by atoms with Crippen LogP contribution in [0, 0.1) is 0 Å². The van der Waals surface area contributed by atoms with Gasteiger partial charge in [-0.3, -0.25) is 0 Å². The molecule has 0 N–H and O–H groups in total. The van der Waals surface area contributed by atoms with E-state index in [1.54, 1.807) is 0 Å². The van der Waals surface area contributed by atoms with E-state index in [9.17, 15) is 0 Å². The first-order valence-corrected chi connectivity index (χ1v) is 0. The summed E-state index contributed by atoms with van der Waals surface area (Å²) < 4.78 is 0. The van der Waals surface area contributed by atoms with E-state index in [-0.39, 0.29) is 73.1 Å². The Bertz CT molecular complexity index is 4.00. The molecule has 0 bridgehead atoms. The minimum atomic E-state index is 0. The molecule has 4 heteroatoms. The van der Waals surface area contributed by atoms with Crippen molar-refractivity contribution in [3.63, 3.8) is 0 Å². The summed E-state index contributed by atoms with van der Waals surface area (Å²) in [6.07, 6.45) is 0. The molecule has 0 aromatic heterocycles. The molecule has 0 amide bonds. The molecule has 0 rings (SSSR count). The van der Waals surface area contributed by atoms with Crippen molar-refractivity contribution in [1.29, 1.82) is 0 Å². The SMILES string of the molecule is [Se-2].[Se-2].[Zn+2].[Zn+2]. The van der Waals surface area contributed by atoms with Crippen molar-refractivity contribution >= 4 is 34.1 Å². The van der Waals surface area contributed by atoms with Crippen LogP contribution in [0.4, 0.5) is 0 Å². The van der Waals surface area contributed by atoms with E-state index in [0.29, 0.717) is 0 Å². The van der Waals surface area contributed by atoms with Gasteiger partial charge in [-0.15, -0.1) is 0 Å². The summed E-state index contributed by atoms with van der Waals surface area (Å²) in [4.78, 5) is 0. The second-order valence-corrected chi connectivity index (χ2v) is 0. The Labute approximate surface area is 72.3 Å². The first-order valence-electron chi connectivity index (χ1n) is 0. The summed E-state index contributed by atoms with van der Waals surface area (Å²) in [5.41, 5.74) is 0. The van der Waals surface area contributed by atoms with Gasteiger partial charge in [0.1, 0.15) is 0 Å². The topological polar surface area (TPSA) is 0 Å². The van der Waals surface area contributed by atoms with Gasteiger partial charge in [-0.1, -0.05) is 0 Å². The monoisotopic (exact) mass is 288 g/mol. The average molecular weight is 289 g/mol. The van der Waals surface area contributed by atoms with Crippen LogP contribution in [-0.2, 0) is 39.0 Å². The molecule has 16 valence electrons. The molecule has 0 unspecified atom stereocenters. The Hall–Kier alpha value is 2.29. The Kier molecular flexibility index (Phi) is 156. The number of hydrogen-bond acceptors (Lipinski definition) is 0. The van der Waals surface area contributed by atoms with E-state index in [1.807, 2.05) is 0 Å². The van der Waals surface area contributed by atoms with Crippen LogP contribution in [0.5, 0.6) is 0 Å². The Morgan fingerprint density at radius 3 is 0.500 bits per heavy atom. The zero-order chi connectivity index (χ0) is 0. The molecule has 0 atom stereocenters. The molecule has 0 aromatic carbocycles. The van der Waals surface area contributed by atoms with Crippen molar-refractivity contribution in [3.8, 4) is 0 Å². The molecule has 0 aliphatic heterocycles. The zero-order valence-electron chi connectivity index (χ0n) is 2.23. The summed E-state index contributed by atoms with van der Waals surface area (Å²) in [7, 11) is 0. The summed E-state index contributed by atoms with van der Waals surface area (Å²) in [6, 6.07) is 0. The van der Waals surface area contributed by atoms with Crippen molar-refractivity contribution < 1.29 is 39.0 Å². The van der Waals surface area contributed by atoms with E-state index in [4.69, 9.17) is 0 Å². The maximum Gasteiger partial charge on any atom is 2.00 e. The van der Waals surface area contributed by atoms with Gasteiger partial charge in [0.15, 0.2) is 0 Å². The number of hydrogen-bond donors (Lipinski definition) is 0. The van der Waals surface area contributed by atoms with Crippen molar-refractivity contribution in [2.24, 2.45) is 0 Å². The third kappa shape index (κ3) is 8.86. The third-order valence-electron chi connectivity index (χ3n) is 0. The van der Waals surface area contributed by atoms with Crippen molar-refractivity contribution in [2.75, 3.05) is 0 Å². The molecular weight excluding hydrogens is 289 g/mol. The number of rotatable bonds is 0. The fraction of sp³-hybridized carbons (Fsp3) is 0. The molecule has 0 saturated carbocycles. The van der Waals surface area contributed by atoms with Crippen LogP contribution in [-0.4, -0.2) is 34.1 Å². The van der Waals surface area contributed by atoms with Gasteiger partial charge in [-0.2, -0.15) is 0 Å². The molecule has 0 fully saturated rings. The van der Waals surface area contributed by atoms with Gasteiger partial charge in [0.05, 0.1) is 0 Å². The zero-order valence-corrected chi connectivity index (χ0v) is 11.6. The van der Waals surface area contributed by atoms with E-state index >= 15 is 0 Å². The van der Waals surface area contributed by atoms with Crippen LogP contribution in [0.2, 0.25) is 0 Å². The van der Waals surface area contributed by atoms with E-state index in [0.717, 1.165) is 0 Å². The molecule has 0 aromatic rings. The quantitative estimate of drug-likeness (QED) is 0.514. The predicted octanol–water partition coefficient (Wildman–Crippen LogP) is -0.767. The van der Waals surface area contributed by atoms with Gasteiger partial charge < -0.3 is 34.1 Å². The van der Waals surface area contributed by atoms with E-state index in [1.165, 1.54) is 0 Å². The Balaban J connectivity index is 0. The maximum atomic E-state index is 0. The summed E-state index contributed by atoms with van der Waals surface area (Å²) in [5.74, 6) is 0. The fourth-order valence-electron chi connectivity index (χ4n) is 0. The second-order valence-electron chi connectivity index (χ2n) is 0. The van der Waals surface area contributed by atoms with Gasteiger partial charge in [-0.05, 0) is 0 Å². The maximum absolute atomic E-state index is 0. The molecule has 0 aliphatic rings. The second kappa shape index (κ2) is 18.6. The molecular formula is Se2Zn2.